The molecule has 0 aromatic carbocycles. The topological polar surface area (TPSA) is 32.3 Å². The van der Waals surface area contributed by atoms with Crippen LogP contribution < -0.4 is 9.80 Å². The molecule has 0 aliphatic carbocycles. The van der Waals surface area contributed by atoms with Gasteiger partial charge in [-0.3, -0.25) is 0 Å². The summed E-state index contributed by atoms with van der Waals surface area (Å²) in [6, 6.07) is 2.03. The van der Waals surface area contributed by atoms with Crippen LogP contribution in [0.5, 0.6) is 0 Å². The number of rotatable bonds is 4. The average Bonchev–Trinajstić information content (AvgIpc) is 2.41. The number of anilines is 2. The minimum atomic E-state index is 0.852. The van der Waals surface area contributed by atoms with Crippen molar-refractivity contribution in [1.29, 1.82) is 0 Å². The highest BCUT2D eigenvalue weighted by atomic mass is 15.3. The highest BCUT2D eigenvalue weighted by Gasteiger charge is 2.17. The van der Waals surface area contributed by atoms with Gasteiger partial charge in [-0.05, 0) is 38.7 Å². The average molecular weight is 248 g/mol. The molecule has 2 rings (SSSR count). The van der Waals surface area contributed by atoms with E-state index in [1.54, 1.807) is 0 Å². The highest BCUT2D eigenvalue weighted by Crippen LogP contribution is 2.22. The predicted octanol–water partition coefficient (Wildman–Crippen LogP) is 2.56. The Bertz CT molecular complexity index is 368. The molecule has 1 aromatic rings. The summed E-state index contributed by atoms with van der Waals surface area (Å²) in [5, 5.41) is 0. The monoisotopic (exact) mass is 248 g/mol. The lowest BCUT2D eigenvalue weighted by Crippen LogP contribution is -2.34. The van der Waals surface area contributed by atoms with Gasteiger partial charge in [0.2, 0.25) is 5.95 Å². The molecule has 0 saturated carbocycles. The summed E-state index contributed by atoms with van der Waals surface area (Å²) >= 11 is 0. The van der Waals surface area contributed by atoms with E-state index in [0.717, 1.165) is 43.9 Å². The van der Waals surface area contributed by atoms with E-state index in [1.807, 2.05) is 12.3 Å². The molecule has 4 heteroatoms. The van der Waals surface area contributed by atoms with Crippen molar-refractivity contribution in [2.45, 2.75) is 33.6 Å². The SMILES string of the molecule is CCN(CC)c1nccc(N2CCC(C)CC2)n1. The predicted molar refractivity (Wildman–Crippen MR) is 76.2 cm³/mol. The first-order valence-corrected chi connectivity index (χ1v) is 7.07. The fourth-order valence-corrected chi connectivity index (χ4v) is 2.41. The van der Waals surface area contributed by atoms with Gasteiger partial charge in [-0.15, -0.1) is 0 Å². The zero-order chi connectivity index (χ0) is 13.0. The summed E-state index contributed by atoms with van der Waals surface area (Å²) in [5.74, 6) is 2.79. The number of hydrogen-bond donors (Lipinski definition) is 0. The van der Waals surface area contributed by atoms with E-state index < -0.39 is 0 Å². The quantitative estimate of drug-likeness (QED) is 0.819. The van der Waals surface area contributed by atoms with Crippen molar-refractivity contribution in [2.75, 3.05) is 36.0 Å². The molecule has 4 nitrogen and oxygen atoms in total. The van der Waals surface area contributed by atoms with Crippen LogP contribution in [0.1, 0.15) is 33.6 Å². The third-order valence-electron chi connectivity index (χ3n) is 3.78. The molecule has 1 aromatic heterocycles. The lowest BCUT2D eigenvalue weighted by molar-refractivity contribution is 0.436. The van der Waals surface area contributed by atoms with Gasteiger partial charge < -0.3 is 9.80 Å². The first-order valence-electron chi connectivity index (χ1n) is 7.07. The largest absolute Gasteiger partial charge is 0.356 e. The Balaban J connectivity index is 2.11. The highest BCUT2D eigenvalue weighted by molar-refractivity contribution is 5.43. The van der Waals surface area contributed by atoms with Crippen LogP contribution in [0.25, 0.3) is 0 Å². The normalized spacial score (nSPS) is 16.9. The molecular weight excluding hydrogens is 224 g/mol. The van der Waals surface area contributed by atoms with E-state index >= 15 is 0 Å². The molecule has 2 heterocycles. The van der Waals surface area contributed by atoms with Gasteiger partial charge in [-0.1, -0.05) is 6.92 Å². The Morgan fingerprint density at radius 2 is 1.94 bits per heavy atom. The first-order chi connectivity index (χ1) is 8.74. The number of hydrogen-bond acceptors (Lipinski definition) is 4. The molecule has 0 unspecified atom stereocenters. The van der Waals surface area contributed by atoms with Crippen molar-refractivity contribution in [3.8, 4) is 0 Å². The molecule has 0 atom stereocenters. The summed E-state index contributed by atoms with van der Waals surface area (Å²) in [5.41, 5.74) is 0. The summed E-state index contributed by atoms with van der Waals surface area (Å²) in [7, 11) is 0. The Kier molecular flexibility index (Phi) is 4.39. The van der Waals surface area contributed by atoms with Crippen molar-refractivity contribution >= 4 is 11.8 Å². The zero-order valence-electron chi connectivity index (χ0n) is 11.8. The fraction of sp³-hybridized carbons (Fsp3) is 0.714. The van der Waals surface area contributed by atoms with Gasteiger partial charge in [0.25, 0.3) is 0 Å². The van der Waals surface area contributed by atoms with Crippen LogP contribution in [-0.2, 0) is 0 Å². The van der Waals surface area contributed by atoms with E-state index in [2.05, 4.69) is 35.6 Å². The van der Waals surface area contributed by atoms with E-state index in [0.29, 0.717) is 0 Å². The number of piperidine rings is 1. The molecule has 1 fully saturated rings. The van der Waals surface area contributed by atoms with Crippen molar-refractivity contribution in [3.05, 3.63) is 12.3 Å². The van der Waals surface area contributed by atoms with Crippen LogP contribution in [0, 0.1) is 5.92 Å². The number of nitrogens with zero attached hydrogens (tertiary/aromatic N) is 4. The van der Waals surface area contributed by atoms with Crippen molar-refractivity contribution in [3.63, 3.8) is 0 Å². The maximum absolute atomic E-state index is 4.70. The summed E-state index contributed by atoms with van der Waals surface area (Å²) < 4.78 is 0. The minimum Gasteiger partial charge on any atom is -0.356 e. The van der Waals surface area contributed by atoms with Crippen LogP contribution in [-0.4, -0.2) is 36.1 Å². The van der Waals surface area contributed by atoms with Crippen LogP contribution in [0.4, 0.5) is 11.8 Å². The standard InChI is InChI=1S/C14H24N4/c1-4-17(5-2)14-15-9-6-13(16-14)18-10-7-12(3)8-11-18/h6,9,12H,4-5,7-8,10-11H2,1-3H3. The Hall–Kier alpha value is -1.32. The molecule has 0 N–H and O–H groups in total. The lowest BCUT2D eigenvalue weighted by Gasteiger charge is -2.31. The van der Waals surface area contributed by atoms with Crippen LogP contribution in [0.3, 0.4) is 0 Å². The van der Waals surface area contributed by atoms with Gasteiger partial charge in [0, 0.05) is 32.4 Å². The van der Waals surface area contributed by atoms with Crippen molar-refractivity contribution < 1.29 is 0 Å². The van der Waals surface area contributed by atoms with E-state index in [-0.39, 0.29) is 0 Å². The molecule has 100 valence electrons. The molecule has 1 saturated heterocycles. The summed E-state index contributed by atoms with van der Waals surface area (Å²) in [6.07, 6.45) is 4.42. The third-order valence-corrected chi connectivity index (χ3v) is 3.78. The van der Waals surface area contributed by atoms with Gasteiger partial charge in [0.1, 0.15) is 5.82 Å². The maximum Gasteiger partial charge on any atom is 0.227 e. The lowest BCUT2D eigenvalue weighted by atomic mass is 9.99. The van der Waals surface area contributed by atoms with Gasteiger partial charge in [-0.2, -0.15) is 4.98 Å². The summed E-state index contributed by atoms with van der Waals surface area (Å²) in [6.45, 7) is 10.8. The van der Waals surface area contributed by atoms with Crippen LogP contribution >= 0.6 is 0 Å². The fourth-order valence-electron chi connectivity index (χ4n) is 2.41. The van der Waals surface area contributed by atoms with E-state index in [4.69, 9.17) is 4.98 Å². The second kappa shape index (κ2) is 6.03. The van der Waals surface area contributed by atoms with Gasteiger partial charge >= 0.3 is 0 Å². The molecular formula is C14H24N4. The Labute approximate surface area is 110 Å². The molecule has 0 bridgehead atoms. The molecule has 1 aliphatic heterocycles. The van der Waals surface area contributed by atoms with Gasteiger partial charge in [-0.25, -0.2) is 4.98 Å². The maximum atomic E-state index is 4.70. The number of aromatic nitrogens is 2. The van der Waals surface area contributed by atoms with Crippen LogP contribution in [0.2, 0.25) is 0 Å². The van der Waals surface area contributed by atoms with E-state index in [1.165, 1.54) is 12.8 Å². The van der Waals surface area contributed by atoms with Crippen LogP contribution in [0.15, 0.2) is 12.3 Å². The minimum absolute atomic E-state index is 0.852. The zero-order valence-corrected chi connectivity index (χ0v) is 11.8. The second-order valence-corrected chi connectivity index (χ2v) is 5.06. The summed E-state index contributed by atoms with van der Waals surface area (Å²) in [4.78, 5) is 13.7. The Morgan fingerprint density at radius 3 is 2.56 bits per heavy atom. The molecule has 18 heavy (non-hydrogen) atoms. The molecule has 1 aliphatic rings. The van der Waals surface area contributed by atoms with Crippen molar-refractivity contribution in [1.82, 2.24) is 9.97 Å². The Morgan fingerprint density at radius 1 is 1.28 bits per heavy atom. The molecule has 0 radical (unpaired) electrons. The smallest absolute Gasteiger partial charge is 0.227 e. The second-order valence-electron chi connectivity index (χ2n) is 5.06. The van der Waals surface area contributed by atoms with Crippen molar-refractivity contribution in [2.24, 2.45) is 5.92 Å². The van der Waals surface area contributed by atoms with E-state index in [9.17, 15) is 0 Å². The van der Waals surface area contributed by atoms with Gasteiger partial charge in [0.15, 0.2) is 0 Å². The molecule has 0 amide bonds. The third kappa shape index (κ3) is 2.92. The van der Waals surface area contributed by atoms with Gasteiger partial charge in [0.05, 0.1) is 0 Å². The molecule has 0 spiro atoms. The first kappa shape index (κ1) is 13.1.